The quantitative estimate of drug-likeness (QED) is 0.706. The van der Waals surface area contributed by atoms with Crippen LogP contribution in [0, 0.1) is 11.7 Å². The van der Waals surface area contributed by atoms with Crippen LogP contribution in [0.5, 0.6) is 11.5 Å². The monoisotopic (exact) mass is 373 g/mol. The second kappa shape index (κ2) is 8.53. The molecule has 1 fully saturated rings. The van der Waals surface area contributed by atoms with E-state index in [1.165, 1.54) is 24.3 Å². The first kappa shape index (κ1) is 18.7. The van der Waals surface area contributed by atoms with Crippen LogP contribution >= 0.6 is 0 Å². The highest BCUT2D eigenvalue weighted by Gasteiger charge is 2.24. The Kier molecular flexibility index (Phi) is 5.90. The van der Waals surface area contributed by atoms with Gasteiger partial charge in [0.15, 0.2) is 0 Å². The molecule has 0 radical (unpaired) electrons. The summed E-state index contributed by atoms with van der Waals surface area (Å²) in [5.41, 5.74) is 0.337. The maximum atomic E-state index is 12.9. The number of carbonyl (C=O) groups is 2. The van der Waals surface area contributed by atoms with Crippen molar-refractivity contribution < 1.29 is 28.6 Å². The van der Waals surface area contributed by atoms with Gasteiger partial charge in [-0.3, -0.25) is 4.79 Å². The molecular formula is C20H20FNO5. The molecule has 3 rings (SSSR count). The molecule has 2 aromatic carbocycles. The fraction of sp³-hybridized carbons (Fsp3) is 0.300. The Balaban J connectivity index is 1.60. The standard InChI is InChI=1S/C20H20FNO5/c21-14-7-9-15(10-8-14)27-18(20(24)25)11-22-19(23)16-3-1-2-4-17(16)26-12-13-5-6-13/h1-4,7-10,13,18H,5-6,11-12H2,(H,22,23)(H,24,25). The fourth-order valence-corrected chi connectivity index (χ4v) is 2.41. The molecule has 0 aromatic heterocycles. The number of para-hydroxylation sites is 1. The second-order valence-electron chi connectivity index (χ2n) is 6.36. The van der Waals surface area contributed by atoms with Crippen LogP contribution in [0.25, 0.3) is 0 Å². The van der Waals surface area contributed by atoms with Crippen LogP contribution in [0.3, 0.4) is 0 Å². The topological polar surface area (TPSA) is 84.9 Å². The number of amides is 1. The Morgan fingerprint density at radius 3 is 2.52 bits per heavy atom. The molecule has 2 aromatic rings. The molecule has 0 bridgehead atoms. The van der Waals surface area contributed by atoms with Crippen molar-refractivity contribution in [3.05, 3.63) is 59.9 Å². The van der Waals surface area contributed by atoms with Crippen LogP contribution in [0.2, 0.25) is 0 Å². The number of aliphatic carboxylic acids is 1. The summed E-state index contributed by atoms with van der Waals surface area (Å²) >= 11 is 0. The number of nitrogens with one attached hydrogen (secondary N) is 1. The first-order chi connectivity index (χ1) is 13.0. The van der Waals surface area contributed by atoms with E-state index in [0.29, 0.717) is 23.8 Å². The van der Waals surface area contributed by atoms with Gasteiger partial charge in [-0.2, -0.15) is 0 Å². The summed E-state index contributed by atoms with van der Waals surface area (Å²) in [7, 11) is 0. The molecule has 7 heteroatoms. The van der Waals surface area contributed by atoms with Crippen molar-refractivity contribution in [2.75, 3.05) is 13.2 Å². The van der Waals surface area contributed by atoms with Gasteiger partial charge in [0, 0.05) is 0 Å². The summed E-state index contributed by atoms with van der Waals surface area (Å²) < 4.78 is 24.0. The predicted octanol–water partition coefficient (Wildman–Crippen LogP) is 2.88. The summed E-state index contributed by atoms with van der Waals surface area (Å²) in [6.07, 6.45) is 0.962. The summed E-state index contributed by atoms with van der Waals surface area (Å²) in [5.74, 6) is -0.931. The van der Waals surface area contributed by atoms with Crippen molar-refractivity contribution in [3.8, 4) is 11.5 Å². The number of benzene rings is 2. The number of halogens is 1. The molecule has 1 aliphatic carbocycles. The fourth-order valence-electron chi connectivity index (χ4n) is 2.41. The molecular weight excluding hydrogens is 353 g/mol. The molecule has 0 aliphatic heterocycles. The van der Waals surface area contributed by atoms with E-state index < -0.39 is 23.8 Å². The van der Waals surface area contributed by atoms with E-state index in [4.69, 9.17) is 9.47 Å². The zero-order valence-corrected chi connectivity index (χ0v) is 14.6. The van der Waals surface area contributed by atoms with Gasteiger partial charge in [-0.25, -0.2) is 9.18 Å². The molecule has 1 unspecified atom stereocenters. The lowest BCUT2D eigenvalue weighted by Gasteiger charge is -2.17. The molecule has 27 heavy (non-hydrogen) atoms. The first-order valence-electron chi connectivity index (χ1n) is 8.68. The molecule has 0 spiro atoms. The zero-order valence-electron chi connectivity index (χ0n) is 14.6. The Labute approximate surface area is 155 Å². The first-order valence-corrected chi connectivity index (χ1v) is 8.68. The largest absolute Gasteiger partial charge is 0.492 e. The third-order valence-corrected chi connectivity index (χ3v) is 4.12. The van der Waals surface area contributed by atoms with Crippen LogP contribution in [-0.4, -0.2) is 36.2 Å². The number of carboxylic acids is 1. The number of carboxylic acid groups (broad SMARTS) is 1. The molecule has 2 N–H and O–H groups in total. The van der Waals surface area contributed by atoms with Gasteiger partial charge >= 0.3 is 5.97 Å². The van der Waals surface area contributed by atoms with Crippen molar-refractivity contribution in [1.29, 1.82) is 0 Å². The second-order valence-corrected chi connectivity index (χ2v) is 6.36. The van der Waals surface area contributed by atoms with Gasteiger partial charge in [-0.1, -0.05) is 12.1 Å². The summed E-state index contributed by atoms with van der Waals surface area (Å²) in [4.78, 5) is 23.9. The van der Waals surface area contributed by atoms with E-state index in [-0.39, 0.29) is 12.3 Å². The Morgan fingerprint density at radius 2 is 1.85 bits per heavy atom. The molecule has 142 valence electrons. The van der Waals surface area contributed by atoms with Crippen LogP contribution < -0.4 is 14.8 Å². The highest BCUT2D eigenvalue weighted by molar-refractivity contribution is 5.97. The summed E-state index contributed by atoms with van der Waals surface area (Å²) in [5, 5.41) is 11.9. The predicted molar refractivity (Wildman–Crippen MR) is 95.4 cm³/mol. The maximum absolute atomic E-state index is 12.9. The number of carbonyl (C=O) groups excluding carboxylic acids is 1. The van der Waals surface area contributed by atoms with Crippen LogP contribution in [0.15, 0.2) is 48.5 Å². The molecule has 0 heterocycles. The number of hydrogen-bond donors (Lipinski definition) is 2. The lowest BCUT2D eigenvalue weighted by atomic mass is 10.2. The minimum Gasteiger partial charge on any atom is -0.492 e. The molecule has 1 saturated carbocycles. The van der Waals surface area contributed by atoms with Crippen LogP contribution in [0.4, 0.5) is 4.39 Å². The third kappa shape index (κ3) is 5.44. The highest BCUT2D eigenvalue weighted by Crippen LogP contribution is 2.30. The lowest BCUT2D eigenvalue weighted by molar-refractivity contribution is -0.144. The van der Waals surface area contributed by atoms with E-state index in [0.717, 1.165) is 12.8 Å². The average molecular weight is 373 g/mol. The number of ether oxygens (including phenoxy) is 2. The SMILES string of the molecule is O=C(NCC(Oc1ccc(F)cc1)C(=O)O)c1ccccc1OCC1CC1. The smallest absolute Gasteiger partial charge is 0.346 e. The number of rotatable bonds is 9. The van der Waals surface area contributed by atoms with Gasteiger partial charge < -0.3 is 19.9 Å². The summed E-state index contributed by atoms with van der Waals surface area (Å²) in [6, 6.07) is 11.8. The van der Waals surface area contributed by atoms with Gasteiger partial charge in [-0.05, 0) is 55.2 Å². The minimum absolute atomic E-state index is 0.200. The van der Waals surface area contributed by atoms with E-state index in [1.807, 2.05) is 0 Å². The maximum Gasteiger partial charge on any atom is 0.346 e. The normalized spacial score (nSPS) is 14.3. The van der Waals surface area contributed by atoms with Gasteiger partial charge in [-0.15, -0.1) is 0 Å². The Hall–Kier alpha value is -3.09. The van der Waals surface area contributed by atoms with Crippen molar-refractivity contribution in [2.24, 2.45) is 5.92 Å². The van der Waals surface area contributed by atoms with Gasteiger partial charge in [0.1, 0.15) is 17.3 Å². The van der Waals surface area contributed by atoms with E-state index >= 15 is 0 Å². The van der Waals surface area contributed by atoms with E-state index in [1.54, 1.807) is 24.3 Å². The van der Waals surface area contributed by atoms with Gasteiger partial charge in [0.2, 0.25) is 6.10 Å². The Morgan fingerprint density at radius 1 is 1.15 bits per heavy atom. The van der Waals surface area contributed by atoms with Gasteiger partial charge in [0.05, 0.1) is 18.7 Å². The molecule has 1 amide bonds. The van der Waals surface area contributed by atoms with Crippen molar-refractivity contribution in [2.45, 2.75) is 18.9 Å². The van der Waals surface area contributed by atoms with E-state index in [2.05, 4.69) is 5.32 Å². The van der Waals surface area contributed by atoms with Crippen molar-refractivity contribution in [3.63, 3.8) is 0 Å². The van der Waals surface area contributed by atoms with Gasteiger partial charge in [0.25, 0.3) is 5.91 Å². The molecule has 1 atom stereocenters. The summed E-state index contributed by atoms with van der Waals surface area (Å²) in [6.45, 7) is 0.318. The van der Waals surface area contributed by atoms with Crippen LogP contribution in [0.1, 0.15) is 23.2 Å². The third-order valence-electron chi connectivity index (χ3n) is 4.12. The highest BCUT2D eigenvalue weighted by atomic mass is 19.1. The number of hydrogen-bond acceptors (Lipinski definition) is 4. The molecule has 0 saturated heterocycles. The molecule has 1 aliphatic rings. The lowest BCUT2D eigenvalue weighted by Crippen LogP contribution is -2.40. The van der Waals surface area contributed by atoms with Crippen LogP contribution in [-0.2, 0) is 4.79 Å². The van der Waals surface area contributed by atoms with Crippen molar-refractivity contribution in [1.82, 2.24) is 5.32 Å². The average Bonchev–Trinajstić information content (AvgIpc) is 3.49. The Bertz CT molecular complexity index is 804. The zero-order chi connectivity index (χ0) is 19.2. The minimum atomic E-state index is -1.31. The van der Waals surface area contributed by atoms with E-state index in [9.17, 15) is 19.1 Å². The van der Waals surface area contributed by atoms with Crippen molar-refractivity contribution >= 4 is 11.9 Å². The molecule has 6 nitrogen and oxygen atoms in total.